The molecule has 0 saturated heterocycles. The Bertz CT molecular complexity index is 987. The predicted molar refractivity (Wildman–Crippen MR) is 99.9 cm³/mol. The molecule has 7 heteroatoms. The van der Waals surface area contributed by atoms with Gasteiger partial charge < -0.3 is 5.32 Å². The zero-order chi connectivity index (χ0) is 18.7. The monoisotopic (exact) mass is 353 g/mol. The molecule has 0 unspecified atom stereocenters. The predicted octanol–water partition coefficient (Wildman–Crippen LogP) is 1.72. The van der Waals surface area contributed by atoms with Crippen LogP contribution in [0.15, 0.2) is 41.6 Å². The van der Waals surface area contributed by atoms with E-state index in [4.69, 9.17) is 0 Å². The van der Waals surface area contributed by atoms with Gasteiger partial charge >= 0.3 is 0 Å². The molecule has 1 aromatic carbocycles. The Kier molecular flexibility index (Phi) is 5.16. The van der Waals surface area contributed by atoms with Crippen LogP contribution in [-0.4, -0.2) is 31.8 Å². The first-order valence-electron chi connectivity index (χ1n) is 8.70. The quantitative estimate of drug-likeness (QED) is 0.732. The van der Waals surface area contributed by atoms with Crippen molar-refractivity contribution in [1.29, 1.82) is 0 Å². The number of carbonyl (C=O) groups excluding carboxylic acids is 1. The molecule has 0 bridgehead atoms. The van der Waals surface area contributed by atoms with Crippen LogP contribution in [0.25, 0.3) is 11.0 Å². The number of amides is 1. The summed E-state index contributed by atoms with van der Waals surface area (Å²) >= 11 is 0. The Labute approximate surface area is 151 Å². The summed E-state index contributed by atoms with van der Waals surface area (Å²) in [6.07, 6.45) is 3.10. The van der Waals surface area contributed by atoms with Crippen LogP contribution in [-0.2, 0) is 17.9 Å². The number of nitrogens with zero attached hydrogens (tertiary/aromatic N) is 4. The van der Waals surface area contributed by atoms with Crippen molar-refractivity contribution in [2.75, 3.05) is 6.54 Å². The molecule has 2 heterocycles. The lowest BCUT2D eigenvalue weighted by Gasteiger charge is -2.09. The molecule has 3 aromatic rings. The number of benzene rings is 1. The van der Waals surface area contributed by atoms with Crippen LogP contribution in [0.2, 0.25) is 0 Å². The van der Waals surface area contributed by atoms with Crippen molar-refractivity contribution < 1.29 is 4.79 Å². The number of carbonyl (C=O) groups is 1. The molecule has 0 aliphatic rings. The molecule has 0 radical (unpaired) electrons. The lowest BCUT2D eigenvalue weighted by atomic mass is 10.1. The van der Waals surface area contributed by atoms with E-state index in [1.807, 2.05) is 45.0 Å². The normalized spacial score (nSPS) is 11.2. The number of hydrogen-bond acceptors (Lipinski definition) is 4. The maximum atomic E-state index is 12.7. The van der Waals surface area contributed by atoms with Crippen LogP contribution >= 0.6 is 0 Å². The van der Waals surface area contributed by atoms with Crippen LogP contribution in [0.5, 0.6) is 0 Å². The summed E-state index contributed by atoms with van der Waals surface area (Å²) < 4.78 is 3.24. The molecule has 0 aliphatic heterocycles. The molecular formula is C19H23N5O2. The molecular weight excluding hydrogens is 330 g/mol. The smallest absolute Gasteiger partial charge is 0.264 e. The highest BCUT2D eigenvalue weighted by Crippen LogP contribution is 2.10. The van der Waals surface area contributed by atoms with Crippen molar-refractivity contribution in [3.05, 3.63) is 58.3 Å². The average molecular weight is 353 g/mol. The highest BCUT2D eigenvalue weighted by Gasteiger charge is 2.12. The summed E-state index contributed by atoms with van der Waals surface area (Å²) in [6, 6.07) is 7.97. The van der Waals surface area contributed by atoms with Crippen LogP contribution in [0, 0.1) is 12.8 Å². The average Bonchev–Trinajstić information content (AvgIpc) is 3.03. The molecule has 7 nitrogen and oxygen atoms in total. The molecule has 26 heavy (non-hydrogen) atoms. The van der Waals surface area contributed by atoms with Crippen molar-refractivity contribution >= 4 is 16.9 Å². The molecule has 0 spiro atoms. The molecule has 2 aromatic heterocycles. The number of aryl methyl sites for hydroxylation is 1. The van der Waals surface area contributed by atoms with Gasteiger partial charge in [0.15, 0.2) is 5.65 Å². The van der Waals surface area contributed by atoms with Gasteiger partial charge in [0, 0.05) is 12.5 Å². The summed E-state index contributed by atoms with van der Waals surface area (Å²) in [4.78, 5) is 28.8. The van der Waals surface area contributed by atoms with Gasteiger partial charge in [-0.25, -0.2) is 9.67 Å². The molecule has 1 amide bonds. The fraction of sp³-hybridized carbons (Fsp3) is 0.368. The van der Waals surface area contributed by atoms with E-state index in [9.17, 15) is 9.59 Å². The van der Waals surface area contributed by atoms with Crippen LogP contribution in [0.3, 0.4) is 0 Å². The zero-order valence-corrected chi connectivity index (χ0v) is 15.3. The summed E-state index contributed by atoms with van der Waals surface area (Å²) in [6.45, 7) is 7.10. The zero-order valence-electron chi connectivity index (χ0n) is 15.3. The second-order valence-electron chi connectivity index (χ2n) is 6.65. The lowest BCUT2D eigenvalue weighted by Crippen LogP contribution is -2.31. The van der Waals surface area contributed by atoms with Crippen LogP contribution < -0.4 is 10.9 Å². The van der Waals surface area contributed by atoms with Crippen LogP contribution in [0.4, 0.5) is 0 Å². The van der Waals surface area contributed by atoms with E-state index in [0.29, 0.717) is 30.7 Å². The van der Waals surface area contributed by atoms with Gasteiger partial charge in [0.05, 0.1) is 19.3 Å². The topological polar surface area (TPSA) is 81.8 Å². The summed E-state index contributed by atoms with van der Waals surface area (Å²) in [5, 5.41) is 7.57. The Hall–Kier alpha value is -2.96. The molecule has 0 saturated carbocycles. The van der Waals surface area contributed by atoms with E-state index in [2.05, 4.69) is 15.4 Å². The van der Waals surface area contributed by atoms with Gasteiger partial charge in [-0.2, -0.15) is 5.10 Å². The van der Waals surface area contributed by atoms with Crippen molar-refractivity contribution in [1.82, 2.24) is 24.6 Å². The Morgan fingerprint density at radius 3 is 2.77 bits per heavy atom. The molecule has 1 N–H and O–H groups in total. The standard InChI is InChI=1S/C19H23N5O2/c1-13(2)18(25)20-8-9-24-17-16(10-22-24)19(26)23(12-21-17)11-15-7-5-4-6-14(15)3/h4-7,10,12-13H,8-9,11H2,1-3H3,(H,20,25). The second-order valence-corrected chi connectivity index (χ2v) is 6.65. The van der Waals surface area contributed by atoms with E-state index < -0.39 is 0 Å². The molecule has 136 valence electrons. The van der Waals surface area contributed by atoms with E-state index in [-0.39, 0.29) is 17.4 Å². The maximum absolute atomic E-state index is 12.7. The van der Waals surface area contributed by atoms with Crippen molar-refractivity contribution in [3.8, 4) is 0 Å². The summed E-state index contributed by atoms with van der Waals surface area (Å²) in [7, 11) is 0. The minimum Gasteiger partial charge on any atom is -0.354 e. The van der Waals surface area contributed by atoms with Gasteiger partial charge in [-0.05, 0) is 18.1 Å². The summed E-state index contributed by atoms with van der Waals surface area (Å²) in [5.74, 6) is -0.0638. The molecule has 3 rings (SSSR count). The minimum atomic E-state index is -0.115. The highest BCUT2D eigenvalue weighted by molar-refractivity contribution is 5.77. The van der Waals surface area contributed by atoms with Crippen molar-refractivity contribution in [2.45, 2.75) is 33.9 Å². The first kappa shape index (κ1) is 17.8. The van der Waals surface area contributed by atoms with Crippen LogP contribution in [0.1, 0.15) is 25.0 Å². The summed E-state index contributed by atoms with van der Waals surface area (Å²) in [5.41, 5.74) is 2.64. The van der Waals surface area contributed by atoms with Crippen molar-refractivity contribution in [2.24, 2.45) is 5.92 Å². The third-order valence-electron chi connectivity index (χ3n) is 4.37. The van der Waals surface area contributed by atoms with Gasteiger partial charge in [0.1, 0.15) is 11.7 Å². The second kappa shape index (κ2) is 7.51. The molecule has 0 fully saturated rings. The number of nitrogens with one attached hydrogen (secondary N) is 1. The third kappa shape index (κ3) is 3.66. The van der Waals surface area contributed by atoms with Gasteiger partial charge in [0.2, 0.25) is 5.91 Å². The fourth-order valence-corrected chi connectivity index (χ4v) is 2.73. The highest BCUT2D eigenvalue weighted by atomic mass is 16.2. The largest absolute Gasteiger partial charge is 0.354 e. The molecule has 0 atom stereocenters. The Balaban J connectivity index is 1.80. The van der Waals surface area contributed by atoms with Gasteiger partial charge in [-0.15, -0.1) is 0 Å². The van der Waals surface area contributed by atoms with Gasteiger partial charge in [-0.3, -0.25) is 14.2 Å². The molecule has 0 aliphatic carbocycles. The number of hydrogen-bond donors (Lipinski definition) is 1. The number of fused-ring (bicyclic) bond motifs is 1. The third-order valence-corrected chi connectivity index (χ3v) is 4.37. The van der Waals surface area contributed by atoms with E-state index in [1.165, 1.54) is 0 Å². The first-order valence-corrected chi connectivity index (χ1v) is 8.70. The van der Waals surface area contributed by atoms with E-state index >= 15 is 0 Å². The first-order chi connectivity index (χ1) is 12.5. The lowest BCUT2D eigenvalue weighted by molar-refractivity contribution is -0.124. The number of rotatable bonds is 6. The number of aromatic nitrogens is 4. The van der Waals surface area contributed by atoms with Gasteiger partial charge in [-0.1, -0.05) is 38.1 Å². The SMILES string of the molecule is Cc1ccccc1Cn1cnc2c(cnn2CCNC(=O)C(C)C)c1=O. The Morgan fingerprint density at radius 1 is 1.27 bits per heavy atom. The fourth-order valence-electron chi connectivity index (χ4n) is 2.73. The minimum absolute atomic E-state index is 0.00462. The van der Waals surface area contributed by atoms with Crippen molar-refractivity contribution in [3.63, 3.8) is 0 Å². The van der Waals surface area contributed by atoms with Gasteiger partial charge in [0.25, 0.3) is 5.56 Å². The van der Waals surface area contributed by atoms with E-state index in [1.54, 1.807) is 21.8 Å². The van der Waals surface area contributed by atoms with E-state index in [0.717, 1.165) is 11.1 Å². The Morgan fingerprint density at radius 2 is 2.04 bits per heavy atom. The maximum Gasteiger partial charge on any atom is 0.264 e.